The number of carbonyl (C=O) groups excluding carboxylic acids is 1. The van der Waals surface area contributed by atoms with Crippen molar-refractivity contribution >= 4 is 17.2 Å². The Kier molecular flexibility index (Phi) is 4.62. The maximum atomic E-state index is 12.2. The number of hydrogen-bond donors (Lipinski definition) is 2. The highest BCUT2D eigenvalue weighted by Gasteiger charge is 2.22. The molecule has 0 aliphatic carbocycles. The Balaban J connectivity index is 2.03. The first-order chi connectivity index (χ1) is 9.22. The minimum Gasteiger partial charge on any atom is -0.345 e. The van der Waals surface area contributed by atoms with E-state index in [-0.39, 0.29) is 17.9 Å². The van der Waals surface area contributed by atoms with Crippen LogP contribution in [0.2, 0.25) is 0 Å². The van der Waals surface area contributed by atoms with E-state index in [2.05, 4.69) is 32.9 Å². The highest BCUT2D eigenvalue weighted by molar-refractivity contribution is 7.10. The van der Waals surface area contributed by atoms with E-state index < -0.39 is 0 Å². The zero-order valence-corrected chi connectivity index (χ0v) is 11.8. The van der Waals surface area contributed by atoms with Gasteiger partial charge in [-0.05, 0) is 24.8 Å². The van der Waals surface area contributed by atoms with E-state index in [4.69, 9.17) is 0 Å². The molecule has 2 rings (SSSR count). The lowest BCUT2D eigenvalue weighted by Gasteiger charge is -2.17. The van der Waals surface area contributed by atoms with Crippen molar-refractivity contribution in [2.45, 2.75) is 38.6 Å². The van der Waals surface area contributed by atoms with Crippen molar-refractivity contribution in [2.24, 2.45) is 0 Å². The molecule has 0 aliphatic rings. The van der Waals surface area contributed by atoms with Crippen LogP contribution in [0.15, 0.2) is 17.5 Å². The highest BCUT2D eigenvalue weighted by atomic mass is 32.1. The molecule has 102 valence electrons. The number of nitrogens with zero attached hydrogens (tertiary/aromatic N) is 3. The number of H-pyrrole nitrogens is 1. The molecule has 0 bridgehead atoms. The molecule has 2 N–H and O–H groups in total. The standard InChI is InChI=1S/C12H17N5OS/c1-3-5-9(11-14-16-17-15-11)13-12(18)8(2)10-6-4-7-19-10/h4,6-9H,3,5H2,1-2H3,(H,13,18)(H,14,15,16,17)/t8-,9+/m0/s1. The van der Waals surface area contributed by atoms with E-state index in [1.54, 1.807) is 11.3 Å². The summed E-state index contributed by atoms with van der Waals surface area (Å²) in [6, 6.07) is 3.74. The lowest BCUT2D eigenvalue weighted by molar-refractivity contribution is -0.123. The summed E-state index contributed by atoms with van der Waals surface area (Å²) in [5.41, 5.74) is 0. The van der Waals surface area contributed by atoms with E-state index in [1.165, 1.54) is 0 Å². The Hall–Kier alpha value is -1.76. The quantitative estimate of drug-likeness (QED) is 0.847. The molecule has 2 atom stereocenters. The fourth-order valence-corrected chi connectivity index (χ4v) is 2.62. The van der Waals surface area contributed by atoms with Gasteiger partial charge in [0.2, 0.25) is 5.91 Å². The maximum absolute atomic E-state index is 12.2. The van der Waals surface area contributed by atoms with Crippen LogP contribution >= 0.6 is 11.3 Å². The van der Waals surface area contributed by atoms with Crippen LogP contribution in [0.5, 0.6) is 0 Å². The molecule has 0 saturated carbocycles. The average Bonchev–Trinajstić information content (AvgIpc) is 3.10. The average molecular weight is 279 g/mol. The lowest BCUT2D eigenvalue weighted by atomic mass is 10.1. The summed E-state index contributed by atoms with van der Waals surface area (Å²) in [5.74, 6) is 0.366. The van der Waals surface area contributed by atoms with Gasteiger partial charge < -0.3 is 5.32 Å². The monoisotopic (exact) mass is 279 g/mol. The zero-order valence-electron chi connectivity index (χ0n) is 11.0. The first kappa shape index (κ1) is 13.7. The Morgan fingerprint density at radius 2 is 2.42 bits per heavy atom. The van der Waals surface area contributed by atoms with Crippen LogP contribution in [0.1, 0.15) is 49.4 Å². The van der Waals surface area contributed by atoms with Crippen molar-refractivity contribution in [3.8, 4) is 0 Å². The van der Waals surface area contributed by atoms with E-state index in [0.717, 1.165) is 17.7 Å². The second-order valence-corrected chi connectivity index (χ2v) is 5.34. The van der Waals surface area contributed by atoms with Gasteiger partial charge in [0.15, 0.2) is 5.82 Å². The summed E-state index contributed by atoms with van der Waals surface area (Å²) in [7, 11) is 0. The normalized spacial score (nSPS) is 14.0. The van der Waals surface area contributed by atoms with Gasteiger partial charge in [0, 0.05) is 4.88 Å². The summed E-state index contributed by atoms with van der Waals surface area (Å²) in [4.78, 5) is 13.3. The van der Waals surface area contributed by atoms with E-state index in [9.17, 15) is 4.79 Å². The summed E-state index contributed by atoms with van der Waals surface area (Å²) in [6.07, 6.45) is 1.73. The molecule has 0 unspecified atom stereocenters. The number of amides is 1. The molecule has 0 saturated heterocycles. The van der Waals surface area contributed by atoms with Crippen LogP contribution < -0.4 is 5.32 Å². The van der Waals surface area contributed by atoms with E-state index >= 15 is 0 Å². The summed E-state index contributed by atoms with van der Waals surface area (Å²) < 4.78 is 0. The van der Waals surface area contributed by atoms with Crippen LogP contribution in [0.25, 0.3) is 0 Å². The van der Waals surface area contributed by atoms with Crippen LogP contribution in [0.3, 0.4) is 0 Å². The number of carbonyl (C=O) groups is 1. The Bertz CT molecular complexity index is 496. The van der Waals surface area contributed by atoms with Gasteiger partial charge in [0.1, 0.15) is 0 Å². The number of tetrazole rings is 1. The predicted molar refractivity (Wildman–Crippen MR) is 72.7 cm³/mol. The Morgan fingerprint density at radius 1 is 1.58 bits per heavy atom. The second kappa shape index (κ2) is 6.42. The lowest BCUT2D eigenvalue weighted by Crippen LogP contribution is -2.32. The van der Waals surface area contributed by atoms with Crippen LogP contribution in [0, 0.1) is 0 Å². The largest absolute Gasteiger partial charge is 0.345 e. The molecular formula is C12H17N5OS. The molecule has 0 fully saturated rings. The highest BCUT2D eigenvalue weighted by Crippen LogP contribution is 2.22. The van der Waals surface area contributed by atoms with Gasteiger partial charge >= 0.3 is 0 Å². The van der Waals surface area contributed by atoms with Gasteiger partial charge in [0.05, 0.1) is 12.0 Å². The van der Waals surface area contributed by atoms with Gasteiger partial charge in [-0.3, -0.25) is 4.79 Å². The molecule has 6 nitrogen and oxygen atoms in total. The molecule has 2 aromatic rings. The van der Waals surface area contributed by atoms with Crippen LogP contribution in [-0.2, 0) is 4.79 Å². The van der Waals surface area contributed by atoms with Crippen molar-refractivity contribution in [3.05, 3.63) is 28.2 Å². The van der Waals surface area contributed by atoms with E-state index in [1.807, 2.05) is 24.4 Å². The third-order valence-corrected chi connectivity index (χ3v) is 3.99. The first-order valence-corrected chi connectivity index (χ1v) is 7.17. The van der Waals surface area contributed by atoms with Crippen molar-refractivity contribution in [3.63, 3.8) is 0 Å². The minimum absolute atomic E-state index is 0.00861. The smallest absolute Gasteiger partial charge is 0.228 e. The molecule has 0 spiro atoms. The molecule has 19 heavy (non-hydrogen) atoms. The van der Waals surface area contributed by atoms with Crippen molar-refractivity contribution in [1.82, 2.24) is 25.9 Å². The number of aromatic nitrogens is 4. The summed E-state index contributed by atoms with van der Waals surface area (Å²) in [5, 5.41) is 18.8. The van der Waals surface area contributed by atoms with Gasteiger partial charge in [-0.1, -0.05) is 24.6 Å². The van der Waals surface area contributed by atoms with Gasteiger partial charge in [-0.15, -0.1) is 21.5 Å². The SMILES string of the molecule is CCC[C@@H](NC(=O)[C@@H](C)c1cccs1)c1nn[nH]n1. The van der Waals surface area contributed by atoms with Crippen molar-refractivity contribution in [2.75, 3.05) is 0 Å². The second-order valence-electron chi connectivity index (χ2n) is 4.36. The topological polar surface area (TPSA) is 83.6 Å². The predicted octanol–water partition coefficient (Wildman–Crippen LogP) is 2.02. The summed E-state index contributed by atoms with van der Waals surface area (Å²) in [6.45, 7) is 3.96. The fraction of sp³-hybridized carbons (Fsp3) is 0.500. The number of nitrogens with one attached hydrogen (secondary N) is 2. The molecule has 2 heterocycles. The van der Waals surface area contributed by atoms with Crippen molar-refractivity contribution in [1.29, 1.82) is 0 Å². The number of hydrogen-bond acceptors (Lipinski definition) is 5. The number of rotatable bonds is 6. The maximum Gasteiger partial charge on any atom is 0.228 e. The van der Waals surface area contributed by atoms with Crippen LogP contribution in [0.4, 0.5) is 0 Å². The van der Waals surface area contributed by atoms with Gasteiger partial charge in [0.25, 0.3) is 0 Å². The third kappa shape index (κ3) is 3.37. The molecular weight excluding hydrogens is 262 g/mol. The van der Waals surface area contributed by atoms with Crippen molar-refractivity contribution < 1.29 is 4.79 Å². The Labute approximate surface area is 115 Å². The molecule has 1 amide bonds. The van der Waals surface area contributed by atoms with Crippen LogP contribution in [-0.4, -0.2) is 26.5 Å². The molecule has 0 radical (unpaired) electrons. The molecule has 2 aromatic heterocycles. The zero-order chi connectivity index (χ0) is 13.7. The van der Waals surface area contributed by atoms with Gasteiger partial charge in [-0.2, -0.15) is 5.21 Å². The molecule has 0 aromatic carbocycles. The number of aromatic amines is 1. The number of thiophene rings is 1. The minimum atomic E-state index is -0.182. The third-order valence-electron chi connectivity index (χ3n) is 2.93. The molecule has 7 heteroatoms. The fourth-order valence-electron chi connectivity index (χ4n) is 1.84. The first-order valence-electron chi connectivity index (χ1n) is 6.29. The Morgan fingerprint density at radius 3 is 3.00 bits per heavy atom. The van der Waals surface area contributed by atoms with Gasteiger partial charge in [-0.25, -0.2) is 0 Å². The molecule has 0 aliphatic heterocycles. The van der Waals surface area contributed by atoms with E-state index in [0.29, 0.717) is 5.82 Å². The summed E-state index contributed by atoms with van der Waals surface area (Å²) >= 11 is 1.59.